The van der Waals surface area contributed by atoms with Crippen molar-refractivity contribution in [1.82, 2.24) is 0 Å². The lowest BCUT2D eigenvalue weighted by molar-refractivity contribution is 0.102. The van der Waals surface area contributed by atoms with Gasteiger partial charge in [0.1, 0.15) is 5.82 Å². The molecule has 0 radical (unpaired) electrons. The predicted octanol–water partition coefficient (Wildman–Crippen LogP) is 4.01. The summed E-state index contributed by atoms with van der Waals surface area (Å²) in [7, 11) is 0. The summed E-state index contributed by atoms with van der Waals surface area (Å²) in [6.07, 6.45) is 0. The highest BCUT2D eigenvalue weighted by molar-refractivity contribution is 6.34. The number of amides is 1. The summed E-state index contributed by atoms with van der Waals surface area (Å²) in [6.45, 7) is 0. The average molecular weight is 286 g/mol. The van der Waals surface area contributed by atoms with Crippen LogP contribution in [0.4, 0.5) is 18.9 Å². The van der Waals surface area contributed by atoms with Crippen molar-refractivity contribution in [2.24, 2.45) is 0 Å². The standard InChI is InChI=1S/C13H7ClF3NO/c14-10-6-12(17)11(16)5-9(10)13(19)18-8-3-1-7(15)2-4-8/h1-6H,(H,18,19). The molecule has 1 amide bonds. The van der Waals surface area contributed by atoms with Crippen LogP contribution in [0.5, 0.6) is 0 Å². The van der Waals surface area contributed by atoms with Gasteiger partial charge >= 0.3 is 0 Å². The monoisotopic (exact) mass is 285 g/mol. The highest BCUT2D eigenvalue weighted by Crippen LogP contribution is 2.21. The molecular weight excluding hydrogens is 279 g/mol. The molecule has 0 unspecified atom stereocenters. The Labute approximate surface area is 111 Å². The Hall–Kier alpha value is -2.01. The summed E-state index contributed by atoms with van der Waals surface area (Å²) in [4.78, 5) is 11.8. The van der Waals surface area contributed by atoms with Gasteiger partial charge in [0.15, 0.2) is 11.6 Å². The molecule has 0 aliphatic carbocycles. The third-order valence-electron chi connectivity index (χ3n) is 2.36. The number of hydrogen-bond donors (Lipinski definition) is 1. The van der Waals surface area contributed by atoms with E-state index < -0.39 is 23.4 Å². The van der Waals surface area contributed by atoms with Gasteiger partial charge in [0.25, 0.3) is 5.91 Å². The first-order valence-electron chi connectivity index (χ1n) is 5.19. The molecule has 1 N–H and O–H groups in total. The van der Waals surface area contributed by atoms with E-state index in [9.17, 15) is 18.0 Å². The molecule has 0 atom stereocenters. The Morgan fingerprint density at radius 1 is 1.00 bits per heavy atom. The number of rotatable bonds is 2. The minimum atomic E-state index is -1.17. The summed E-state index contributed by atoms with van der Waals surface area (Å²) in [5.41, 5.74) is 0.108. The van der Waals surface area contributed by atoms with Gasteiger partial charge < -0.3 is 5.32 Å². The van der Waals surface area contributed by atoms with Crippen molar-refractivity contribution in [3.8, 4) is 0 Å². The fourth-order valence-corrected chi connectivity index (χ4v) is 1.66. The van der Waals surface area contributed by atoms with Gasteiger partial charge in [-0.2, -0.15) is 0 Å². The Balaban J connectivity index is 2.25. The zero-order valence-corrected chi connectivity index (χ0v) is 10.1. The van der Waals surface area contributed by atoms with E-state index in [0.29, 0.717) is 11.8 Å². The summed E-state index contributed by atoms with van der Waals surface area (Å²) in [5.74, 6) is -3.48. The first-order chi connectivity index (χ1) is 8.97. The molecule has 0 saturated heterocycles. The van der Waals surface area contributed by atoms with Gasteiger partial charge in [-0.1, -0.05) is 11.6 Å². The molecule has 0 heterocycles. The number of carbonyl (C=O) groups is 1. The number of anilines is 1. The lowest BCUT2D eigenvalue weighted by atomic mass is 10.2. The van der Waals surface area contributed by atoms with Gasteiger partial charge in [0.05, 0.1) is 10.6 Å². The second-order valence-corrected chi connectivity index (χ2v) is 4.11. The van der Waals surface area contributed by atoms with Crippen molar-refractivity contribution in [3.05, 3.63) is 64.4 Å². The number of nitrogens with one attached hydrogen (secondary N) is 1. The maximum atomic E-state index is 13.0. The lowest BCUT2D eigenvalue weighted by Gasteiger charge is -2.07. The minimum absolute atomic E-state index is 0.204. The fraction of sp³-hybridized carbons (Fsp3) is 0. The van der Waals surface area contributed by atoms with E-state index in [2.05, 4.69) is 5.32 Å². The largest absolute Gasteiger partial charge is 0.322 e. The van der Waals surface area contributed by atoms with Crippen LogP contribution in [0.3, 0.4) is 0 Å². The second-order valence-electron chi connectivity index (χ2n) is 3.71. The van der Waals surface area contributed by atoms with Crippen LogP contribution in [-0.4, -0.2) is 5.91 Å². The maximum absolute atomic E-state index is 13.0. The van der Waals surface area contributed by atoms with Crippen molar-refractivity contribution < 1.29 is 18.0 Å². The molecule has 2 nitrogen and oxygen atoms in total. The van der Waals surface area contributed by atoms with Crippen LogP contribution in [0.2, 0.25) is 5.02 Å². The number of benzene rings is 2. The van der Waals surface area contributed by atoms with E-state index in [-0.39, 0.29) is 10.6 Å². The van der Waals surface area contributed by atoms with Crippen molar-refractivity contribution in [3.63, 3.8) is 0 Å². The normalized spacial score (nSPS) is 10.3. The van der Waals surface area contributed by atoms with Crippen LogP contribution in [0.1, 0.15) is 10.4 Å². The molecule has 0 bridgehead atoms. The Bertz CT molecular complexity index is 629. The molecule has 0 aliphatic rings. The fourth-order valence-electron chi connectivity index (χ4n) is 1.43. The van der Waals surface area contributed by atoms with E-state index >= 15 is 0 Å². The van der Waals surface area contributed by atoms with Crippen LogP contribution < -0.4 is 5.32 Å². The molecule has 2 rings (SSSR count). The Morgan fingerprint density at radius 2 is 1.58 bits per heavy atom. The first kappa shape index (κ1) is 13.4. The smallest absolute Gasteiger partial charge is 0.257 e. The van der Waals surface area contributed by atoms with E-state index in [1.807, 2.05) is 0 Å². The molecule has 6 heteroatoms. The molecule has 0 saturated carbocycles. The number of halogens is 4. The highest BCUT2D eigenvalue weighted by Gasteiger charge is 2.15. The molecular formula is C13H7ClF3NO. The lowest BCUT2D eigenvalue weighted by Crippen LogP contribution is -2.13. The third kappa shape index (κ3) is 3.06. The Morgan fingerprint density at radius 3 is 2.21 bits per heavy atom. The van der Waals surface area contributed by atoms with Gasteiger partial charge in [0, 0.05) is 5.69 Å². The van der Waals surface area contributed by atoms with Crippen LogP contribution >= 0.6 is 11.6 Å². The zero-order valence-electron chi connectivity index (χ0n) is 9.38. The summed E-state index contributed by atoms with van der Waals surface area (Å²) >= 11 is 5.66. The van der Waals surface area contributed by atoms with Crippen molar-refractivity contribution in [1.29, 1.82) is 0 Å². The zero-order chi connectivity index (χ0) is 14.0. The SMILES string of the molecule is O=C(Nc1ccc(F)cc1)c1cc(F)c(F)cc1Cl. The van der Waals surface area contributed by atoms with E-state index in [4.69, 9.17) is 11.6 Å². The topological polar surface area (TPSA) is 29.1 Å². The molecule has 2 aromatic carbocycles. The van der Waals surface area contributed by atoms with Gasteiger partial charge in [-0.05, 0) is 36.4 Å². The van der Waals surface area contributed by atoms with E-state index in [1.165, 1.54) is 12.1 Å². The van der Waals surface area contributed by atoms with E-state index in [1.54, 1.807) is 0 Å². The minimum Gasteiger partial charge on any atom is -0.322 e. The Kier molecular flexibility index (Phi) is 3.76. The van der Waals surface area contributed by atoms with Crippen molar-refractivity contribution in [2.45, 2.75) is 0 Å². The molecule has 0 aromatic heterocycles. The molecule has 19 heavy (non-hydrogen) atoms. The third-order valence-corrected chi connectivity index (χ3v) is 2.67. The van der Waals surface area contributed by atoms with Crippen molar-refractivity contribution >= 4 is 23.2 Å². The molecule has 2 aromatic rings. The summed E-state index contributed by atoms with van der Waals surface area (Å²) in [5, 5.41) is 2.18. The second kappa shape index (κ2) is 5.32. The number of hydrogen-bond acceptors (Lipinski definition) is 1. The van der Waals surface area contributed by atoms with E-state index in [0.717, 1.165) is 18.2 Å². The van der Waals surface area contributed by atoms with Crippen LogP contribution in [0.15, 0.2) is 36.4 Å². The first-order valence-corrected chi connectivity index (χ1v) is 5.56. The molecule has 0 fully saturated rings. The molecule has 0 spiro atoms. The van der Waals surface area contributed by atoms with Crippen molar-refractivity contribution in [2.75, 3.05) is 5.32 Å². The summed E-state index contributed by atoms with van der Waals surface area (Å²) < 4.78 is 38.6. The van der Waals surface area contributed by atoms with Gasteiger partial charge in [0.2, 0.25) is 0 Å². The van der Waals surface area contributed by atoms with Crippen LogP contribution in [0, 0.1) is 17.5 Å². The quantitative estimate of drug-likeness (QED) is 0.830. The molecule has 0 aliphatic heterocycles. The van der Waals surface area contributed by atoms with Gasteiger partial charge in [-0.25, -0.2) is 13.2 Å². The van der Waals surface area contributed by atoms with Crippen LogP contribution in [-0.2, 0) is 0 Å². The maximum Gasteiger partial charge on any atom is 0.257 e. The van der Waals surface area contributed by atoms with Crippen LogP contribution in [0.25, 0.3) is 0 Å². The molecule has 98 valence electrons. The summed E-state index contributed by atoms with van der Waals surface area (Å²) in [6, 6.07) is 6.40. The number of carbonyl (C=O) groups excluding carboxylic acids is 1. The highest BCUT2D eigenvalue weighted by atomic mass is 35.5. The van der Waals surface area contributed by atoms with Gasteiger partial charge in [-0.15, -0.1) is 0 Å². The predicted molar refractivity (Wildman–Crippen MR) is 65.7 cm³/mol. The van der Waals surface area contributed by atoms with Gasteiger partial charge in [-0.3, -0.25) is 4.79 Å². The average Bonchev–Trinajstić information content (AvgIpc) is 2.36.